The summed E-state index contributed by atoms with van der Waals surface area (Å²) in [7, 11) is -2.49. The molecule has 8 heteroatoms. The van der Waals surface area contributed by atoms with E-state index >= 15 is 0 Å². The van der Waals surface area contributed by atoms with Gasteiger partial charge in [-0.1, -0.05) is 29.8 Å². The number of hydrogen-bond donors (Lipinski definition) is 0. The van der Waals surface area contributed by atoms with Crippen molar-refractivity contribution >= 4 is 37.0 Å². The Morgan fingerprint density at radius 1 is 1.13 bits per heavy atom. The lowest BCUT2D eigenvalue weighted by Gasteiger charge is -2.12. The Morgan fingerprint density at radius 3 is 2.53 bits per heavy atom. The third kappa shape index (κ3) is 3.55. The molecule has 0 aliphatic rings. The number of aromatic nitrogens is 2. The molecule has 0 unspecified atom stereocenters. The number of ether oxygens (including phenoxy) is 1. The Bertz CT molecular complexity index is 1350. The number of fused-ring (bicyclic) bond motifs is 1. The molecule has 4 aromatic rings. The molecule has 30 heavy (non-hydrogen) atoms. The third-order valence-electron chi connectivity index (χ3n) is 4.78. The molecule has 5 nitrogen and oxygen atoms in total. The minimum Gasteiger partial charge on any atom is -0.378 e. The molecule has 0 radical (unpaired) electrons. The number of rotatable bonds is 5. The minimum atomic E-state index is -3.98. The summed E-state index contributed by atoms with van der Waals surface area (Å²) in [6, 6.07) is 14.4. The molecular formula is C22H18BrFN2O3S. The molecular weight excluding hydrogens is 471 g/mol. The van der Waals surface area contributed by atoms with Crippen molar-refractivity contribution < 1.29 is 17.5 Å². The van der Waals surface area contributed by atoms with Crippen LogP contribution in [0.1, 0.15) is 11.3 Å². The Hall–Kier alpha value is -2.55. The molecule has 2 aromatic heterocycles. The van der Waals surface area contributed by atoms with E-state index in [0.717, 1.165) is 5.56 Å². The zero-order valence-corrected chi connectivity index (χ0v) is 18.7. The number of pyridine rings is 1. The second kappa shape index (κ2) is 7.94. The second-order valence-electron chi connectivity index (χ2n) is 6.87. The van der Waals surface area contributed by atoms with E-state index in [-0.39, 0.29) is 17.1 Å². The molecule has 2 heterocycles. The van der Waals surface area contributed by atoms with Crippen LogP contribution in [0.3, 0.4) is 0 Å². The maximum absolute atomic E-state index is 14.0. The van der Waals surface area contributed by atoms with Crippen LogP contribution >= 0.6 is 15.9 Å². The molecule has 0 saturated heterocycles. The van der Waals surface area contributed by atoms with Crippen molar-refractivity contribution in [2.45, 2.75) is 18.4 Å². The average Bonchev–Trinajstić information content (AvgIpc) is 3.02. The van der Waals surface area contributed by atoms with Gasteiger partial charge in [-0.3, -0.25) is 0 Å². The fourth-order valence-corrected chi connectivity index (χ4v) is 5.30. The lowest BCUT2D eigenvalue weighted by molar-refractivity contribution is 0.181. The highest BCUT2D eigenvalue weighted by atomic mass is 79.9. The van der Waals surface area contributed by atoms with Crippen LogP contribution in [0.25, 0.3) is 22.2 Å². The van der Waals surface area contributed by atoms with Gasteiger partial charge in [0.25, 0.3) is 10.0 Å². The van der Waals surface area contributed by atoms with Gasteiger partial charge in [0.15, 0.2) is 5.65 Å². The molecule has 0 atom stereocenters. The molecule has 0 spiro atoms. The van der Waals surface area contributed by atoms with Crippen molar-refractivity contribution in [1.29, 1.82) is 0 Å². The van der Waals surface area contributed by atoms with E-state index in [9.17, 15) is 12.8 Å². The average molecular weight is 489 g/mol. The van der Waals surface area contributed by atoms with E-state index in [1.165, 1.54) is 29.4 Å². The van der Waals surface area contributed by atoms with Gasteiger partial charge < -0.3 is 4.74 Å². The molecule has 2 aromatic carbocycles. The topological polar surface area (TPSA) is 61.2 Å². The normalized spacial score (nSPS) is 11.9. The van der Waals surface area contributed by atoms with Gasteiger partial charge in [-0.05, 0) is 58.7 Å². The van der Waals surface area contributed by atoms with Crippen LogP contribution < -0.4 is 0 Å². The van der Waals surface area contributed by atoms with Crippen LogP contribution in [0.5, 0.6) is 0 Å². The number of hydrogen-bond acceptors (Lipinski definition) is 4. The predicted octanol–water partition coefficient (Wildman–Crippen LogP) is 5.30. The van der Waals surface area contributed by atoms with E-state index < -0.39 is 15.8 Å². The molecule has 0 amide bonds. The van der Waals surface area contributed by atoms with Gasteiger partial charge in [0.2, 0.25) is 0 Å². The highest BCUT2D eigenvalue weighted by molar-refractivity contribution is 9.10. The van der Waals surface area contributed by atoms with E-state index in [0.29, 0.717) is 26.7 Å². The SMILES string of the molecule is COCc1c(-c2cccc(F)c2)c2cc(Br)cnc2n1S(=O)(=O)c1ccc(C)cc1. The van der Waals surface area contributed by atoms with Crippen LogP contribution in [0, 0.1) is 12.7 Å². The van der Waals surface area contributed by atoms with Crippen molar-refractivity contribution in [2.75, 3.05) is 7.11 Å². The molecule has 0 saturated carbocycles. The Labute approximate surface area is 182 Å². The first-order valence-corrected chi connectivity index (χ1v) is 11.3. The van der Waals surface area contributed by atoms with Crippen molar-refractivity contribution in [3.8, 4) is 11.1 Å². The molecule has 0 N–H and O–H groups in total. The van der Waals surface area contributed by atoms with Gasteiger partial charge in [-0.25, -0.2) is 21.8 Å². The Morgan fingerprint density at radius 2 is 1.87 bits per heavy atom. The maximum atomic E-state index is 14.0. The van der Waals surface area contributed by atoms with E-state index in [1.807, 2.05) is 6.92 Å². The fourth-order valence-electron chi connectivity index (χ4n) is 3.47. The number of halogens is 2. The molecule has 4 rings (SSSR count). The lowest BCUT2D eigenvalue weighted by Crippen LogP contribution is -2.17. The van der Waals surface area contributed by atoms with E-state index in [4.69, 9.17) is 4.74 Å². The van der Waals surface area contributed by atoms with E-state index in [2.05, 4.69) is 20.9 Å². The first kappa shape index (κ1) is 20.7. The summed E-state index contributed by atoms with van der Waals surface area (Å²) < 4.78 is 48.5. The largest absolute Gasteiger partial charge is 0.378 e. The summed E-state index contributed by atoms with van der Waals surface area (Å²) in [5, 5.41) is 0.581. The first-order chi connectivity index (χ1) is 14.3. The van der Waals surface area contributed by atoms with Crippen LogP contribution in [-0.4, -0.2) is 24.5 Å². The summed E-state index contributed by atoms with van der Waals surface area (Å²) >= 11 is 3.40. The van der Waals surface area contributed by atoms with Gasteiger partial charge in [0.1, 0.15) is 5.82 Å². The molecule has 154 valence electrons. The van der Waals surface area contributed by atoms with Gasteiger partial charge >= 0.3 is 0 Å². The number of benzene rings is 2. The summed E-state index contributed by atoms with van der Waals surface area (Å²) in [6.07, 6.45) is 1.54. The van der Waals surface area contributed by atoms with Gasteiger partial charge in [0, 0.05) is 28.7 Å². The predicted molar refractivity (Wildman–Crippen MR) is 117 cm³/mol. The fraction of sp³-hybridized carbons (Fsp3) is 0.136. The van der Waals surface area contributed by atoms with E-state index in [1.54, 1.807) is 42.5 Å². The monoisotopic (exact) mass is 488 g/mol. The smallest absolute Gasteiger partial charge is 0.269 e. The Balaban J connectivity index is 2.12. The summed E-state index contributed by atoms with van der Waals surface area (Å²) in [4.78, 5) is 4.53. The van der Waals surface area contributed by atoms with Gasteiger partial charge in [-0.2, -0.15) is 0 Å². The summed E-state index contributed by atoms with van der Waals surface area (Å²) in [6.45, 7) is 1.89. The van der Waals surface area contributed by atoms with Crippen molar-refractivity contribution in [1.82, 2.24) is 8.96 Å². The highest BCUT2D eigenvalue weighted by Crippen LogP contribution is 2.38. The number of aryl methyl sites for hydroxylation is 1. The maximum Gasteiger partial charge on any atom is 0.269 e. The Kier molecular flexibility index (Phi) is 5.48. The molecule has 0 fully saturated rings. The lowest BCUT2D eigenvalue weighted by atomic mass is 10.0. The summed E-state index contributed by atoms with van der Waals surface area (Å²) in [5.74, 6) is -0.416. The van der Waals surface area contributed by atoms with Crippen molar-refractivity contribution in [3.05, 3.63) is 82.3 Å². The molecule has 0 aliphatic carbocycles. The van der Waals surface area contributed by atoms with Crippen LogP contribution in [-0.2, 0) is 21.4 Å². The van der Waals surface area contributed by atoms with Crippen molar-refractivity contribution in [2.24, 2.45) is 0 Å². The second-order valence-corrected chi connectivity index (χ2v) is 9.57. The van der Waals surface area contributed by atoms with Crippen LogP contribution in [0.15, 0.2) is 70.2 Å². The minimum absolute atomic E-state index is 0.00488. The zero-order chi connectivity index (χ0) is 21.5. The zero-order valence-electron chi connectivity index (χ0n) is 16.3. The van der Waals surface area contributed by atoms with Gasteiger partial charge in [-0.15, -0.1) is 0 Å². The van der Waals surface area contributed by atoms with Gasteiger partial charge in [0.05, 0.1) is 17.2 Å². The number of nitrogens with zero attached hydrogens (tertiary/aromatic N) is 2. The molecule has 0 aliphatic heterocycles. The highest BCUT2D eigenvalue weighted by Gasteiger charge is 2.28. The van der Waals surface area contributed by atoms with Crippen LogP contribution in [0.4, 0.5) is 4.39 Å². The van der Waals surface area contributed by atoms with Crippen LogP contribution in [0.2, 0.25) is 0 Å². The third-order valence-corrected chi connectivity index (χ3v) is 6.96. The standard InChI is InChI=1S/C22H18BrFN2O3S/c1-14-6-8-18(9-7-14)30(27,28)26-20(13-29-2)21(15-4-3-5-17(24)10-15)19-11-16(23)12-25-22(19)26/h3-12H,13H2,1-2H3. The van der Waals surface area contributed by atoms with Crippen molar-refractivity contribution in [3.63, 3.8) is 0 Å². The quantitative estimate of drug-likeness (QED) is 0.382. The number of methoxy groups -OCH3 is 1. The molecule has 0 bridgehead atoms. The first-order valence-electron chi connectivity index (χ1n) is 9.09. The summed E-state index contributed by atoms with van der Waals surface area (Å²) in [5.41, 5.74) is 2.70.